The van der Waals surface area contributed by atoms with Crippen molar-refractivity contribution in [1.82, 2.24) is 78.1 Å². The van der Waals surface area contributed by atoms with Gasteiger partial charge in [-0.3, -0.25) is 58.0 Å². The number of aryl methyl sites for hydroxylation is 2. The zero-order valence-electron chi connectivity index (χ0n) is 82.9. The summed E-state index contributed by atoms with van der Waals surface area (Å²) in [5.41, 5.74) is 3.14. The summed E-state index contributed by atoms with van der Waals surface area (Å²) in [6, 6.07) is 47.9. The summed E-state index contributed by atoms with van der Waals surface area (Å²) in [5.74, 6) is 0.577. The third-order valence-corrected chi connectivity index (χ3v) is 26.1. The van der Waals surface area contributed by atoms with Gasteiger partial charge in [0.05, 0.1) is 90.6 Å². The van der Waals surface area contributed by atoms with Crippen LogP contribution >= 0.6 is 17.2 Å². The van der Waals surface area contributed by atoms with Gasteiger partial charge in [-0.15, -0.1) is 0 Å². The molecule has 0 spiro atoms. The Balaban J connectivity index is 0.000000199. The molecule has 43 heteroatoms. The van der Waals surface area contributed by atoms with Crippen molar-refractivity contribution in [3.8, 4) is 23.0 Å². The first-order chi connectivity index (χ1) is 69.5. The monoisotopic (exact) mass is 2080 g/mol. The van der Waals surface area contributed by atoms with Crippen LogP contribution < -0.4 is 40.7 Å². The number of halogens is 4. The standard InChI is InChI=1S/C48H52F2N9O9P.C35H36FN5O7.C13H18FN4O2P.2C3H7.Ni/c1-8-33-40(36(50)46(65-33)58-24-53-37-27(4)51-23-52-41(37)58)68-69(7)64-22-34-39(35(49)45(66-34)59-25-54-38-42(59)55-47(57-44(38)61)56-43(60)26(2)3)67-48(28-12-10-9-11-13-28,29-14-18-31(62-5)19-15-29)30-16-20-32(63-6)21-17-30;1-20(2)31(43)39-34-38-30-28(32(44)40-34)37-19-41(30)33-27(36)29(26(18-42)47-33)48-35(21-8-6-5-7-9-21,22-10-14-24(45-3)15-11-22)23-12-16-25(46-4)17-13-23;1-4-8-11(20-21-3)9(14)13(19-8)18-6-17-10-7(2)15-5-16-12(10)18;2*1-3-2;/h9-21,23-26,33-36,39-40,45-46H,8,22H2,1-7H3,(H2,55,56,57,60,61);5-17,19-20,26-27,29,33,42H,18H2,1-4H3,(H2,38,39,40,43,44);5-6,8-9,11,13,21H,4H2,1-3H3;2*1,3H2,2H3;/q;;;2*-1;+2/t33-,34-,35+,36+,39?,40?,45-,46-,69?;26-,27+,29?,33-;8-,9+,11?,13-;;;/m111.../s1. The van der Waals surface area contributed by atoms with Crippen molar-refractivity contribution in [3.05, 3.63) is 275 Å². The van der Waals surface area contributed by atoms with E-state index in [4.69, 9.17) is 60.9 Å². The van der Waals surface area contributed by atoms with Crippen LogP contribution in [0.15, 0.2) is 205 Å². The minimum atomic E-state index is -1.98. The molecule has 14 aromatic rings. The number of aromatic nitrogens is 16. The van der Waals surface area contributed by atoms with E-state index in [0.717, 1.165) is 18.5 Å². The number of amides is 2. The van der Waals surface area contributed by atoms with Gasteiger partial charge in [-0.2, -0.15) is 22.8 Å². The molecular weight excluding hydrogens is 1960 g/mol. The van der Waals surface area contributed by atoms with E-state index in [0.29, 0.717) is 97.2 Å². The number of rotatable bonds is 32. The van der Waals surface area contributed by atoms with E-state index in [2.05, 4.69) is 84.3 Å². The van der Waals surface area contributed by atoms with Crippen LogP contribution in [0.5, 0.6) is 23.0 Å². The van der Waals surface area contributed by atoms with E-state index in [1.165, 1.54) is 40.8 Å². The molecule has 18 atom stereocenters. The van der Waals surface area contributed by atoms with Crippen LogP contribution in [-0.4, -0.2) is 223 Å². The van der Waals surface area contributed by atoms with Crippen molar-refractivity contribution >= 4 is 85.5 Å². The maximum absolute atomic E-state index is 18.1. The van der Waals surface area contributed by atoms with Gasteiger partial charge in [0.2, 0.25) is 23.7 Å². The van der Waals surface area contributed by atoms with Gasteiger partial charge >= 0.3 is 16.5 Å². The predicted octanol–water partition coefficient (Wildman–Crippen LogP) is 16.7. The first-order valence-corrected chi connectivity index (χ1v) is 50.2. The van der Waals surface area contributed by atoms with Gasteiger partial charge in [0, 0.05) is 27.3 Å². The maximum Gasteiger partial charge on any atom is 2.00 e. The molecule has 2 amide bonds. The number of alkyl halides is 4. The van der Waals surface area contributed by atoms with Gasteiger partial charge in [-0.05, 0) is 115 Å². The van der Waals surface area contributed by atoms with Gasteiger partial charge in [0.25, 0.3) is 11.1 Å². The molecular formula is C102H120F4N18NiO18P2. The molecule has 774 valence electrons. The Morgan fingerprint density at radius 1 is 0.462 bits per heavy atom. The first-order valence-electron chi connectivity index (χ1n) is 47.2. The number of aromatic amines is 2. The second-order valence-corrected chi connectivity index (χ2v) is 36.6. The van der Waals surface area contributed by atoms with Crippen LogP contribution in [0.4, 0.5) is 29.5 Å². The van der Waals surface area contributed by atoms with Gasteiger partial charge in [-0.1, -0.05) is 165 Å². The molecule has 0 saturated carbocycles. The number of aliphatic hydroxyl groups is 1. The number of benzene rings is 6. The topological polar surface area (TPSA) is 413 Å². The van der Waals surface area contributed by atoms with Gasteiger partial charge in [0.15, 0.2) is 91.6 Å². The Morgan fingerprint density at radius 3 is 1.11 bits per heavy atom. The summed E-state index contributed by atoms with van der Waals surface area (Å²) in [4.78, 5) is 99.0. The van der Waals surface area contributed by atoms with Crippen molar-refractivity contribution < 1.29 is 110 Å². The molecule has 145 heavy (non-hydrogen) atoms. The Labute approximate surface area is 848 Å². The van der Waals surface area contributed by atoms with Crippen molar-refractivity contribution in [2.75, 3.05) is 65.6 Å². The second kappa shape index (κ2) is 49.9. The second-order valence-electron chi connectivity index (χ2n) is 34.6. The summed E-state index contributed by atoms with van der Waals surface area (Å²) < 4.78 is 151. The van der Waals surface area contributed by atoms with E-state index in [1.54, 1.807) is 134 Å². The summed E-state index contributed by atoms with van der Waals surface area (Å²) >= 11 is 0. The number of hydrogen-bond acceptors (Lipinski definition) is 28. The van der Waals surface area contributed by atoms with Crippen molar-refractivity contribution in [3.63, 3.8) is 0 Å². The van der Waals surface area contributed by atoms with Crippen LogP contribution in [0.1, 0.15) is 151 Å². The number of carbonyl (C=O) groups excluding carboxylic acids is 2. The average Bonchev–Trinajstić information content (AvgIpc) is 1.68. The fourth-order valence-corrected chi connectivity index (χ4v) is 18.9. The zero-order valence-corrected chi connectivity index (χ0v) is 85.8. The van der Waals surface area contributed by atoms with Crippen molar-refractivity contribution in [2.24, 2.45) is 11.8 Å². The largest absolute Gasteiger partial charge is 2.00 e. The molecule has 18 rings (SSSR count). The minimum Gasteiger partial charge on any atom is -0.497 e. The van der Waals surface area contributed by atoms with Gasteiger partial charge < -0.3 is 79.9 Å². The van der Waals surface area contributed by atoms with E-state index >= 15 is 13.2 Å². The zero-order chi connectivity index (χ0) is 103. The molecule has 0 radical (unpaired) electrons. The van der Waals surface area contributed by atoms with Gasteiger partial charge in [0.1, 0.15) is 94.5 Å². The normalized spacial score (nSPS) is 22.1. The van der Waals surface area contributed by atoms with Crippen LogP contribution in [0.3, 0.4) is 0 Å². The molecule has 8 aromatic heterocycles. The molecule has 4 aliphatic heterocycles. The number of nitrogens with zero attached hydrogens (tertiary/aromatic N) is 14. The van der Waals surface area contributed by atoms with Crippen molar-refractivity contribution in [2.45, 2.75) is 205 Å². The third kappa shape index (κ3) is 23.5. The summed E-state index contributed by atoms with van der Waals surface area (Å²) in [5, 5.41) is 15.7. The van der Waals surface area contributed by atoms with E-state index < -0.39 is 141 Å². The first kappa shape index (κ1) is 110. The minimum absolute atomic E-state index is 0. The molecule has 0 bridgehead atoms. The number of fused-ring (bicyclic) bond motifs is 4. The summed E-state index contributed by atoms with van der Waals surface area (Å²) in [7, 11) is 4.62. The Hall–Kier alpha value is -12.1. The summed E-state index contributed by atoms with van der Waals surface area (Å²) in [6.45, 7) is 27.9. The predicted molar refractivity (Wildman–Crippen MR) is 535 cm³/mol. The van der Waals surface area contributed by atoms with E-state index in [1.807, 2.05) is 150 Å². The SMILES string of the molecule is CC[C@H]1O[C@@H](n2cnc3c(C)ncnc32)[C@@H](F)C1OP(C)OC[C@H]1O[C@@H](n2cnc3c(=O)[nH]c(NC(=O)C(C)C)nc32)[C@@H](F)C1OC(c1ccccc1)(c1ccc(OC)cc1)c1ccc(OC)cc1.CC[C@H]1O[C@@H](n2cnc3c(C)ncnc32)[C@@H](F)C1OPC.COc1ccc(C(OC2[C@@H](CO)O[C@@H](n3cnc4c(=O)[nH]c(NC(=O)C(C)C)nc43)[C@H]2F)(c2ccccc2)c2ccc(OC)cc2)cc1.[CH2-]CC.[CH2-]CC.[Ni+2]. The molecule has 0 aliphatic carbocycles. The molecule has 12 heterocycles. The number of methoxy groups -OCH3 is 4. The molecule has 36 nitrogen and oxygen atoms in total. The molecule has 6 unspecified atom stereocenters. The maximum atomic E-state index is 18.1. The third-order valence-electron chi connectivity index (χ3n) is 24.5. The Kier molecular flexibility index (Phi) is 37.9. The number of anilines is 2. The van der Waals surface area contributed by atoms with Crippen molar-refractivity contribution in [1.29, 1.82) is 0 Å². The van der Waals surface area contributed by atoms with E-state index in [9.17, 15) is 28.7 Å². The van der Waals surface area contributed by atoms with Crippen LogP contribution in [-0.2, 0) is 79.3 Å². The fraction of sp³-hybridized carbons (Fsp3) is 0.412. The number of ether oxygens (including phenoxy) is 10. The molecule has 5 N–H and O–H groups in total. The van der Waals surface area contributed by atoms with Gasteiger partial charge in [-0.25, -0.2) is 57.4 Å². The molecule has 4 saturated heterocycles. The number of imidazole rings is 4. The smallest absolute Gasteiger partial charge is 0.497 e. The van der Waals surface area contributed by atoms with E-state index in [-0.39, 0.29) is 84.1 Å². The number of aliphatic hydroxyl groups excluding tert-OH is 1. The Bertz CT molecular complexity index is 6610. The quantitative estimate of drug-likeness (QED) is 0.00859. The fourth-order valence-electron chi connectivity index (χ4n) is 17.3. The average molecular weight is 2080 g/mol. The number of H-pyrrole nitrogens is 2. The van der Waals surface area contributed by atoms with Crippen LogP contribution in [0, 0.1) is 39.5 Å². The molecule has 4 aliphatic rings. The number of carbonyl (C=O) groups is 2. The summed E-state index contributed by atoms with van der Waals surface area (Å²) in [6.07, 6.45) is -7.48. The molecule has 4 fully saturated rings. The molecule has 6 aromatic carbocycles. The number of nitrogens with one attached hydrogen (secondary N) is 4. The van der Waals surface area contributed by atoms with Crippen LogP contribution in [0.25, 0.3) is 44.7 Å². The van der Waals surface area contributed by atoms with Crippen LogP contribution in [0.2, 0.25) is 0 Å². The number of hydrogen-bond donors (Lipinski definition) is 5. The Morgan fingerprint density at radius 2 is 0.772 bits per heavy atom.